The summed E-state index contributed by atoms with van der Waals surface area (Å²) in [5.41, 5.74) is 1.29. The number of hydrogen-bond acceptors (Lipinski definition) is 2. The van der Waals surface area contributed by atoms with Crippen LogP contribution in [0, 0.1) is 3.70 Å². The van der Waals surface area contributed by atoms with E-state index in [4.69, 9.17) is 5.11 Å². The van der Waals surface area contributed by atoms with Crippen molar-refractivity contribution in [3.8, 4) is 0 Å². The molecule has 0 atom stereocenters. The summed E-state index contributed by atoms with van der Waals surface area (Å²) in [6.07, 6.45) is 3.02. The minimum atomic E-state index is -0.854. The van der Waals surface area contributed by atoms with Gasteiger partial charge in [-0.15, -0.1) is 0 Å². The van der Waals surface area contributed by atoms with Gasteiger partial charge < -0.3 is 5.11 Å². The lowest BCUT2D eigenvalue weighted by Crippen LogP contribution is -2.13. The molecule has 0 bridgehead atoms. The van der Waals surface area contributed by atoms with Crippen LogP contribution >= 0.6 is 22.6 Å². The summed E-state index contributed by atoms with van der Waals surface area (Å²) in [6.45, 7) is 0.860. The van der Waals surface area contributed by atoms with Gasteiger partial charge in [0.2, 0.25) is 0 Å². The second kappa shape index (κ2) is 3.28. The number of nitrogens with zero attached hydrogens (tertiary/aromatic N) is 2. The Labute approximate surface area is 89.1 Å². The number of aryl methyl sites for hydroxylation is 1. The molecule has 0 radical (unpaired) electrons. The van der Waals surface area contributed by atoms with Gasteiger partial charge in [0.05, 0.1) is 5.69 Å². The Morgan fingerprint density at radius 2 is 2.31 bits per heavy atom. The third kappa shape index (κ3) is 1.45. The van der Waals surface area contributed by atoms with E-state index in [-0.39, 0.29) is 0 Å². The highest BCUT2D eigenvalue weighted by Gasteiger charge is 2.23. The molecule has 1 aliphatic rings. The number of rotatable bonds is 1. The number of halogens is 1. The van der Waals surface area contributed by atoms with Crippen molar-refractivity contribution < 1.29 is 9.90 Å². The van der Waals surface area contributed by atoms with E-state index in [1.54, 1.807) is 0 Å². The van der Waals surface area contributed by atoms with Crippen LogP contribution in [-0.2, 0) is 13.0 Å². The monoisotopic (exact) mass is 292 g/mol. The lowest BCUT2D eigenvalue weighted by molar-refractivity contribution is 0.0694. The highest BCUT2D eigenvalue weighted by molar-refractivity contribution is 14.1. The van der Waals surface area contributed by atoms with Crippen molar-refractivity contribution in [3.05, 3.63) is 15.0 Å². The summed E-state index contributed by atoms with van der Waals surface area (Å²) in [5.74, 6) is -0.854. The Kier molecular flexibility index (Phi) is 2.27. The van der Waals surface area contributed by atoms with Gasteiger partial charge in [0.25, 0.3) is 0 Å². The van der Waals surface area contributed by atoms with Gasteiger partial charge in [-0.3, -0.25) is 4.68 Å². The van der Waals surface area contributed by atoms with Crippen LogP contribution in [0.15, 0.2) is 0 Å². The minimum absolute atomic E-state index is 0.403. The molecule has 1 N–H and O–H groups in total. The maximum atomic E-state index is 10.9. The Bertz CT molecular complexity index is 359. The van der Waals surface area contributed by atoms with Gasteiger partial charge in [0.15, 0.2) is 0 Å². The quantitative estimate of drug-likeness (QED) is 0.798. The summed E-state index contributed by atoms with van der Waals surface area (Å²) in [6, 6.07) is 0. The van der Waals surface area contributed by atoms with E-state index in [1.165, 1.54) is 0 Å². The number of aromatic nitrogens is 2. The maximum Gasteiger partial charge on any atom is 0.340 e. The molecule has 2 rings (SSSR count). The molecule has 0 aliphatic carbocycles. The van der Waals surface area contributed by atoms with Crippen molar-refractivity contribution in [1.82, 2.24) is 9.78 Å². The molecule has 5 heteroatoms. The van der Waals surface area contributed by atoms with Crippen LogP contribution < -0.4 is 0 Å². The average Bonchev–Trinajstić information content (AvgIpc) is 2.39. The molecule has 1 aromatic heterocycles. The lowest BCUT2D eigenvalue weighted by atomic mass is 10.1. The molecule has 0 saturated carbocycles. The van der Waals surface area contributed by atoms with Gasteiger partial charge in [-0.05, 0) is 41.9 Å². The van der Waals surface area contributed by atoms with E-state index in [0.29, 0.717) is 9.26 Å². The zero-order valence-electron chi connectivity index (χ0n) is 6.96. The zero-order chi connectivity index (χ0) is 9.42. The summed E-state index contributed by atoms with van der Waals surface area (Å²) >= 11 is 1.98. The Balaban J connectivity index is 2.54. The van der Waals surface area contributed by atoms with Gasteiger partial charge in [-0.2, -0.15) is 5.10 Å². The first-order chi connectivity index (χ1) is 6.20. The van der Waals surface area contributed by atoms with Crippen LogP contribution in [0.4, 0.5) is 0 Å². The number of carboxylic acids is 1. The number of carboxylic acid groups (broad SMARTS) is 1. The molecular formula is C8H9IN2O2. The van der Waals surface area contributed by atoms with Gasteiger partial charge in [0, 0.05) is 6.54 Å². The fourth-order valence-electron chi connectivity index (χ4n) is 1.67. The van der Waals surface area contributed by atoms with Crippen LogP contribution in [-0.4, -0.2) is 20.9 Å². The number of fused-ring (bicyclic) bond motifs is 1. The first-order valence-corrected chi connectivity index (χ1v) is 5.26. The van der Waals surface area contributed by atoms with E-state index in [0.717, 1.165) is 31.5 Å². The highest BCUT2D eigenvalue weighted by atomic mass is 127. The average molecular weight is 292 g/mol. The van der Waals surface area contributed by atoms with E-state index < -0.39 is 5.97 Å². The molecule has 0 fully saturated rings. The normalized spacial score (nSPS) is 15.5. The predicted molar refractivity (Wildman–Crippen MR) is 54.8 cm³/mol. The van der Waals surface area contributed by atoms with Crippen molar-refractivity contribution in [3.63, 3.8) is 0 Å². The lowest BCUT2D eigenvalue weighted by Gasteiger charge is -2.12. The van der Waals surface area contributed by atoms with E-state index in [1.807, 2.05) is 27.3 Å². The van der Waals surface area contributed by atoms with E-state index >= 15 is 0 Å². The standard InChI is InChI=1S/C8H9IN2O2/c9-7-6(8(12)13)5-3-1-2-4-11(5)10-7/h1-4H2,(H,12,13). The number of hydrogen-bond donors (Lipinski definition) is 1. The van der Waals surface area contributed by atoms with Crippen molar-refractivity contribution in [2.24, 2.45) is 0 Å². The summed E-state index contributed by atoms with van der Waals surface area (Å²) in [5, 5.41) is 13.1. The van der Waals surface area contributed by atoms with Crippen LogP contribution in [0.5, 0.6) is 0 Å². The molecule has 2 heterocycles. The van der Waals surface area contributed by atoms with Crippen LogP contribution in [0.3, 0.4) is 0 Å². The largest absolute Gasteiger partial charge is 0.478 e. The zero-order valence-corrected chi connectivity index (χ0v) is 9.11. The van der Waals surface area contributed by atoms with Crippen molar-refractivity contribution >= 4 is 28.6 Å². The molecular weight excluding hydrogens is 283 g/mol. The summed E-state index contributed by atoms with van der Waals surface area (Å²) < 4.78 is 2.44. The molecule has 0 saturated heterocycles. The summed E-state index contributed by atoms with van der Waals surface area (Å²) in [4.78, 5) is 10.9. The van der Waals surface area contributed by atoms with Crippen molar-refractivity contribution in [2.45, 2.75) is 25.8 Å². The molecule has 0 unspecified atom stereocenters. The van der Waals surface area contributed by atoms with Gasteiger partial charge in [-0.1, -0.05) is 0 Å². The Morgan fingerprint density at radius 1 is 1.54 bits per heavy atom. The number of aromatic carboxylic acids is 1. The topological polar surface area (TPSA) is 55.1 Å². The van der Waals surface area contributed by atoms with Crippen LogP contribution in [0.25, 0.3) is 0 Å². The van der Waals surface area contributed by atoms with Gasteiger partial charge in [-0.25, -0.2) is 4.79 Å². The molecule has 1 aliphatic heterocycles. The fraction of sp³-hybridized carbons (Fsp3) is 0.500. The summed E-state index contributed by atoms with van der Waals surface area (Å²) in [7, 11) is 0. The second-order valence-electron chi connectivity index (χ2n) is 3.10. The number of carbonyl (C=O) groups is 1. The molecule has 13 heavy (non-hydrogen) atoms. The first kappa shape index (κ1) is 8.98. The second-order valence-corrected chi connectivity index (χ2v) is 4.12. The van der Waals surface area contributed by atoms with E-state index in [9.17, 15) is 4.79 Å². The molecule has 0 aromatic carbocycles. The first-order valence-electron chi connectivity index (χ1n) is 4.18. The fourth-order valence-corrected chi connectivity index (χ4v) is 2.47. The van der Waals surface area contributed by atoms with Crippen molar-refractivity contribution in [1.29, 1.82) is 0 Å². The third-order valence-corrected chi connectivity index (χ3v) is 3.02. The van der Waals surface area contributed by atoms with Crippen LogP contribution in [0.1, 0.15) is 28.9 Å². The van der Waals surface area contributed by atoms with Gasteiger partial charge in [0.1, 0.15) is 9.26 Å². The Hall–Kier alpha value is -0.590. The molecule has 70 valence electrons. The molecule has 4 nitrogen and oxygen atoms in total. The van der Waals surface area contributed by atoms with E-state index in [2.05, 4.69) is 5.10 Å². The maximum absolute atomic E-state index is 10.9. The molecule has 1 aromatic rings. The molecule has 0 spiro atoms. The van der Waals surface area contributed by atoms with Crippen molar-refractivity contribution in [2.75, 3.05) is 0 Å². The smallest absolute Gasteiger partial charge is 0.340 e. The molecule has 0 amide bonds. The minimum Gasteiger partial charge on any atom is -0.478 e. The van der Waals surface area contributed by atoms with Gasteiger partial charge >= 0.3 is 5.97 Å². The third-order valence-electron chi connectivity index (χ3n) is 2.26. The highest BCUT2D eigenvalue weighted by Crippen LogP contribution is 2.22. The Morgan fingerprint density at radius 3 is 3.00 bits per heavy atom. The SMILES string of the molecule is O=C(O)c1c(I)nn2c1CCCC2. The predicted octanol–water partition coefficient (Wildman–Crippen LogP) is 1.52. The van der Waals surface area contributed by atoms with Crippen LogP contribution in [0.2, 0.25) is 0 Å².